The van der Waals surface area contributed by atoms with Crippen molar-refractivity contribution in [2.75, 3.05) is 20.6 Å². The highest BCUT2D eigenvalue weighted by molar-refractivity contribution is 6.31. The standard InChI is InChI=1S/C20H22ClFN2O/c1-24(2)19(13-6-5-7-14(22)10-13)12-23-20(25)17-11-16(17)15-8-3-4-9-18(15)21/h3-10,16-17,19H,11-12H2,1-2H3,(H,23,25). The van der Waals surface area contributed by atoms with Crippen LogP contribution >= 0.6 is 11.6 Å². The second kappa shape index (κ2) is 7.54. The zero-order valence-corrected chi connectivity index (χ0v) is 15.1. The molecule has 0 spiro atoms. The van der Waals surface area contributed by atoms with Crippen molar-refractivity contribution in [2.45, 2.75) is 18.4 Å². The normalized spacial score (nSPS) is 20.4. The zero-order valence-electron chi connectivity index (χ0n) is 14.4. The molecule has 0 heterocycles. The molecule has 1 saturated carbocycles. The summed E-state index contributed by atoms with van der Waals surface area (Å²) in [6.07, 6.45) is 0.822. The van der Waals surface area contributed by atoms with Crippen molar-refractivity contribution in [1.29, 1.82) is 0 Å². The van der Waals surface area contributed by atoms with Gasteiger partial charge in [-0.2, -0.15) is 0 Å². The minimum Gasteiger partial charge on any atom is -0.354 e. The first-order chi connectivity index (χ1) is 12.0. The summed E-state index contributed by atoms with van der Waals surface area (Å²) in [6.45, 7) is 0.445. The molecular formula is C20H22ClFN2O. The molecule has 1 fully saturated rings. The van der Waals surface area contributed by atoms with Gasteiger partial charge in [-0.1, -0.05) is 41.9 Å². The van der Waals surface area contributed by atoms with Gasteiger partial charge in [0.2, 0.25) is 5.91 Å². The smallest absolute Gasteiger partial charge is 0.223 e. The van der Waals surface area contributed by atoms with Crippen molar-refractivity contribution in [1.82, 2.24) is 10.2 Å². The summed E-state index contributed by atoms with van der Waals surface area (Å²) in [5.41, 5.74) is 1.89. The van der Waals surface area contributed by atoms with Gasteiger partial charge in [-0.25, -0.2) is 4.39 Å². The van der Waals surface area contributed by atoms with Crippen LogP contribution in [0.2, 0.25) is 5.02 Å². The van der Waals surface area contributed by atoms with Gasteiger partial charge in [-0.15, -0.1) is 0 Å². The zero-order chi connectivity index (χ0) is 18.0. The summed E-state index contributed by atoms with van der Waals surface area (Å²) in [7, 11) is 3.84. The van der Waals surface area contributed by atoms with Crippen LogP contribution in [-0.4, -0.2) is 31.4 Å². The first-order valence-electron chi connectivity index (χ1n) is 8.41. The molecule has 2 aromatic rings. The van der Waals surface area contributed by atoms with E-state index in [4.69, 9.17) is 11.6 Å². The van der Waals surface area contributed by atoms with E-state index in [0.29, 0.717) is 11.6 Å². The number of likely N-dealkylation sites (N-methyl/N-ethyl adjacent to an activating group) is 1. The highest BCUT2D eigenvalue weighted by Gasteiger charge is 2.44. The van der Waals surface area contributed by atoms with Gasteiger partial charge in [0.25, 0.3) is 0 Å². The van der Waals surface area contributed by atoms with Crippen molar-refractivity contribution < 1.29 is 9.18 Å². The largest absolute Gasteiger partial charge is 0.354 e. The van der Waals surface area contributed by atoms with Gasteiger partial charge in [0.1, 0.15) is 5.82 Å². The number of rotatable bonds is 6. The number of hydrogen-bond donors (Lipinski definition) is 1. The molecule has 1 N–H and O–H groups in total. The van der Waals surface area contributed by atoms with Gasteiger partial charge in [0, 0.05) is 17.5 Å². The number of hydrogen-bond acceptors (Lipinski definition) is 2. The third-order valence-corrected chi connectivity index (χ3v) is 5.10. The SMILES string of the molecule is CN(C)C(CNC(=O)C1CC1c1ccccc1Cl)c1cccc(F)c1. The number of amides is 1. The van der Waals surface area contributed by atoms with Crippen LogP contribution < -0.4 is 5.32 Å². The predicted octanol–water partition coefficient (Wildman–Crippen LogP) is 4.00. The summed E-state index contributed by atoms with van der Waals surface area (Å²) in [5, 5.41) is 3.73. The Kier molecular flexibility index (Phi) is 5.40. The lowest BCUT2D eigenvalue weighted by Crippen LogP contribution is -2.35. The molecule has 0 radical (unpaired) electrons. The maximum atomic E-state index is 13.5. The Morgan fingerprint density at radius 1 is 1.28 bits per heavy atom. The van der Waals surface area contributed by atoms with Crippen LogP contribution in [0.1, 0.15) is 29.5 Å². The molecule has 3 nitrogen and oxygen atoms in total. The average Bonchev–Trinajstić information content (AvgIpc) is 3.35. The number of carbonyl (C=O) groups excluding carboxylic acids is 1. The Bertz CT molecular complexity index is 765. The van der Waals surface area contributed by atoms with E-state index < -0.39 is 0 Å². The van der Waals surface area contributed by atoms with Crippen LogP contribution in [-0.2, 0) is 4.79 Å². The highest BCUT2D eigenvalue weighted by Crippen LogP contribution is 2.49. The van der Waals surface area contributed by atoms with E-state index in [-0.39, 0.29) is 29.6 Å². The Morgan fingerprint density at radius 3 is 2.72 bits per heavy atom. The van der Waals surface area contributed by atoms with E-state index in [0.717, 1.165) is 17.5 Å². The number of halogens is 2. The van der Waals surface area contributed by atoms with Crippen LogP contribution in [0.4, 0.5) is 4.39 Å². The van der Waals surface area contributed by atoms with Crippen LogP contribution in [0.15, 0.2) is 48.5 Å². The van der Waals surface area contributed by atoms with Gasteiger partial charge < -0.3 is 10.2 Å². The van der Waals surface area contributed by atoms with Crippen molar-refractivity contribution in [3.05, 3.63) is 70.5 Å². The summed E-state index contributed by atoms with van der Waals surface area (Å²) in [4.78, 5) is 14.5. The van der Waals surface area contributed by atoms with Crippen molar-refractivity contribution in [3.63, 3.8) is 0 Å². The fourth-order valence-electron chi connectivity index (χ4n) is 3.25. The molecule has 0 bridgehead atoms. The molecule has 2 aromatic carbocycles. The van der Waals surface area contributed by atoms with Gasteiger partial charge in [0.15, 0.2) is 0 Å². The third-order valence-electron chi connectivity index (χ3n) is 4.76. The molecular weight excluding hydrogens is 339 g/mol. The first-order valence-corrected chi connectivity index (χ1v) is 8.79. The van der Waals surface area contributed by atoms with Crippen molar-refractivity contribution >= 4 is 17.5 Å². The number of carbonyl (C=O) groups is 1. The average molecular weight is 361 g/mol. The van der Waals surface area contributed by atoms with Crippen molar-refractivity contribution in [2.24, 2.45) is 5.92 Å². The molecule has 1 amide bonds. The lowest BCUT2D eigenvalue weighted by atomic mass is 10.1. The molecule has 1 aliphatic carbocycles. The number of benzene rings is 2. The lowest BCUT2D eigenvalue weighted by molar-refractivity contribution is -0.122. The minimum absolute atomic E-state index is 0.0322. The van der Waals surface area contributed by atoms with E-state index in [9.17, 15) is 9.18 Å². The van der Waals surface area contributed by atoms with E-state index in [1.54, 1.807) is 6.07 Å². The first kappa shape index (κ1) is 17.9. The van der Waals surface area contributed by atoms with E-state index >= 15 is 0 Å². The summed E-state index contributed by atoms with van der Waals surface area (Å²) in [6, 6.07) is 14.1. The Labute approximate surface area is 152 Å². The minimum atomic E-state index is -0.267. The molecule has 5 heteroatoms. The van der Waals surface area contributed by atoms with Gasteiger partial charge in [0.05, 0.1) is 6.04 Å². The molecule has 1 aliphatic rings. The second-order valence-corrected chi connectivity index (χ2v) is 7.16. The van der Waals surface area contributed by atoms with Crippen LogP contribution in [0.25, 0.3) is 0 Å². The summed E-state index contributed by atoms with van der Waals surface area (Å²) in [5.74, 6) is -0.0688. The van der Waals surface area contributed by atoms with Crippen LogP contribution in [0, 0.1) is 11.7 Å². The van der Waals surface area contributed by atoms with Gasteiger partial charge in [-0.05, 0) is 55.8 Å². The quantitative estimate of drug-likeness (QED) is 0.844. The molecule has 25 heavy (non-hydrogen) atoms. The van der Waals surface area contributed by atoms with E-state index in [2.05, 4.69) is 5.32 Å². The maximum Gasteiger partial charge on any atom is 0.223 e. The topological polar surface area (TPSA) is 32.3 Å². The fraction of sp³-hybridized carbons (Fsp3) is 0.350. The molecule has 3 unspecified atom stereocenters. The van der Waals surface area contributed by atoms with Crippen LogP contribution in [0.3, 0.4) is 0 Å². The van der Waals surface area contributed by atoms with E-state index in [1.807, 2.05) is 49.3 Å². The summed E-state index contributed by atoms with van der Waals surface area (Å²) < 4.78 is 13.5. The highest BCUT2D eigenvalue weighted by atomic mass is 35.5. The molecule has 132 valence electrons. The molecule has 3 rings (SSSR count). The second-order valence-electron chi connectivity index (χ2n) is 6.75. The molecule has 3 atom stereocenters. The summed E-state index contributed by atoms with van der Waals surface area (Å²) >= 11 is 6.22. The van der Waals surface area contributed by atoms with Gasteiger partial charge in [-0.3, -0.25) is 4.79 Å². The maximum absolute atomic E-state index is 13.5. The number of nitrogens with one attached hydrogen (secondary N) is 1. The van der Waals surface area contributed by atoms with Gasteiger partial charge >= 0.3 is 0 Å². The fourth-order valence-corrected chi connectivity index (χ4v) is 3.52. The number of nitrogens with zero attached hydrogens (tertiary/aromatic N) is 1. The Hall–Kier alpha value is -1.91. The molecule has 0 aromatic heterocycles. The predicted molar refractivity (Wildman–Crippen MR) is 98.1 cm³/mol. The van der Waals surface area contributed by atoms with Crippen molar-refractivity contribution in [3.8, 4) is 0 Å². The van der Waals surface area contributed by atoms with Crippen LogP contribution in [0.5, 0.6) is 0 Å². The Balaban J connectivity index is 1.61. The van der Waals surface area contributed by atoms with E-state index in [1.165, 1.54) is 12.1 Å². The third kappa shape index (κ3) is 4.20. The molecule has 0 aliphatic heterocycles. The molecule has 0 saturated heterocycles. The Morgan fingerprint density at radius 2 is 2.04 bits per heavy atom. The monoisotopic (exact) mass is 360 g/mol. The lowest BCUT2D eigenvalue weighted by Gasteiger charge is -2.25.